The Hall–Kier alpha value is -2.05. The van der Waals surface area contributed by atoms with E-state index in [-0.39, 0.29) is 12.0 Å². The molecule has 1 aliphatic heterocycles. The number of amides is 1. The molecule has 31 heavy (non-hydrogen) atoms. The molecule has 1 saturated carbocycles. The highest BCUT2D eigenvalue weighted by Gasteiger charge is 2.34. The summed E-state index contributed by atoms with van der Waals surface area (Å²) >= 11 is 6.65. The Bertz CT molecular complexity index is 917. The molecule has 0 unspecified atom stereocenters. The number of oxazole rings is 1. The zero-order valence-corrected chi connectivity index (χ0v) is 19.5. The van der Waals surface area contributed by atoms with Crippen LogP contribution in [0.2, 0.25) is 5.02 Å². The van der Waals surface area contributed by atoms with Gasteiger partial charge in [0.2, 0.25) is 5.76 Å². The number of carbonyl (C=O) groups is 1. The van der Waals surface area contributed by atoms with Crippen molar-refractivity contribution in [2.45, 2.75) is 58.6 Å². The minimum Gasteiger partial charge on any atom is -0.489 e. The van der Waals surface area contributed by atoms with Crippen molar-refractivity contribution in [3.05, 3.63) is 46.1 Å². The van der Waals surface area contributed by atoms with Gasteiger partial charge in [0.1, 0.15) is 5.75 Å². The van der Waals surface area contributed by atoms with Gasteiger partial charge >= 0.3 is 0 Å². The van der Waals surface area contributed by atoms with Gasteiger partial charge in [0, 0.05) is 26.6 Å². The first-order valence-corrected chi connectivity index (χ1v) is 11.7. The zero-order valence-electron chi connectivity index (χ0n) is 18.7. The van der Waals surface area contributed by atoms with Crippen LogP contribution < -0.4 is 4.74 Å². The highest BCUT2D eigenvalue weighted by molar-refractivity contribution is 6.32. The van der Waals surface area contributed by atoms with Crippen LogP contribution in [0.25, 0.3) is 0 Å². The van der Waals surface area contributed by atoms with E-state index in [1.54, 1.807) is 4.90 Å². The van der Waals surface area contributed by atoms with Crippen LogP contribution in [0.5, 0.6) is 5.75 Å². The van der Waals surface area contributed by atoms with Crippen LogP contribution >= 0.6 is 11.6 Å². The number of halogens is 1. The summed E-state index contributed by atoms with van der Waals surface area (Å²) in [6, 6.07) is 6.07. The highest BCUT2D eigenvalue weighted by Crippen LogP contribution is 2.36. The molecule has 0 spiro atoms. The molecule has 1 aromatic heterocycles. The van der Waals surface area contributed by atoms with E-state index in [4.69, 9.17) is 20.8 Å². The number of ether oxygens (including phenoxy) is 1. The minimum absolute atomic E-state index is 0.105. The molecular weight excluding hydrogens is 414 g/mol. The van der Waals surface area contributed by atoms with Gasteiger partial charge in [-0.05, 0) is 63.2 Å². The Morgan fingerprint density at radius 3 is 2.74 bits per heavy atom. The first kappa shape index (κ1) is 22.2. The predicted molar refractivity (Wildman–Crippen MR) is 121 cm³/mol. The second kappa shape index (κ2) is 9.61. The number of benzene rings is 1. The summed E-state index contributed by atoms with van der Waals surface area (Å²) in [5, 5.41) is 0.734. The third-order valence-corrected chi connectivity index (χ3v) is 6.77. The van der Waals surface area contributed by atoms with E-state index in [0.29, 0.717) is 36.2 Å². The molecule has 0 N–H and O–H groups in total. The lowest BCUT2D eigenvalue weighted by Crippen LogP contribution is -2.42. The van der Waals surface area contributed by atoms with Gasteiger partial charge in [-0.15, -0.1) is 0 Å². The van der Waals surface area contributed by atoms with Crippen LogP contribution in [-0.4, -0.2) is 53.5 Å². The molecule has 1 saturated heterocycles. The maximum absolute atomic E-state index is 12.7. The summed E-state index contributed by atoms with van der Waals surface area (Å²) in [5.41, 5.74) is 1.79. The normalized spacial score (nSPS) is 21.2. The number of carbonyl (C=O) groups excluding carboxylic acids is 1. The molecule has 1 aliphatic carbocycles. The Morgan fingerprint density at radius 1 is 1.32 bits per heavy atom. The van der Waals surface area contributed by atoms with E-state index in [1.165, 1.54) is 12.8 Å². The van der Waals surface area contributed by atoms with Crippen molar-refractivity contribution in [3.8, 4) is 5.75 Å². The van der Waals surface area contributed by atoms with Crippen LogP contribution in [-0.2, 0) is 13.0 Å². The van der Waals surface area contributed by atoms with Crippen LogP contribution in [0, 0.1) is 12.8 Å². The molecule has 4 rings (SSSR count). The standard InChI is InChI=1S/C24H32ClN3O3/c1-4-21-26-16(2)23(31-21)24(29)27(3)14-17-12-19(13-17)30-20-9-7-8-18(22(20)25)15-28-10-5-6-11-28/h7-9,17,19H,4-6,10-15H2,1-3H3. The van der Waals surface area contributed by atoms with Crippen molar-refractivity contribution in [1.29, 1.82) is 0 Å². The first-order chi connectivity index (χ1) is 14.9. The zero-order chi connectivity index (χ0) is 22.0. The quantitative estimate of drug-likeness (QED) is 0.588. The number of likely N-dealkylation sites (tertiary alicyclic amines) is 1. The molecule has 6 nitrogen and oxygen atoms in total. The Balaban J connectivity index is 1.27. The first-order valence-electron chi connectivity index (χ1n) is 11.3. The predicted octanol–water partition coefficient (Wildman–Crippen LogP) is 4.72. The van der Waals surface area contributed by atoms with Gasteiger partial charge < -0.3 is 14.1 Å². The average molecular weight is 446 g/mol. The Morgan fingerprint density at radius 2 is 2.06 bits per heavy atom. The maximum atomic E-state index is 12.7. The minimum atomic E-state index is -0.105. The molecule has 0 radical (unpaired) electrons. The molecule has 7 heteroatoms. The lowest BCUT2D eigenvalue weighted by molar-refractivity contribution is 0.0406. The number of nitrogens with zero attached hydrogens (tertiary/aromatic N) is 3. The van der Waals surface area contributed by atoms with Gasteiger partial charge in [0.15, 0.2) is 5.89 Å². The van der Waals surface area contributed by atoms with Crippen LogP contribution in [0.1, 0.15) is 60.3 Å². The number of hydrogen-bond acceptors (Lipinski definition) is 5. The van der Waals surface area contributed by atoms with Gasteiger partial charge in [0.05, 0.1) is 16.8 Å². The summed E-state index contributed by atoms with van der Waals surface area (Å²) in [6.45, 7) is 7.64. The molecule has 2 aliphatic rings. The fourth-order valence-electron chi connectivity index (χ4n) is 4.50. The van der Waals surface area contributed by atoms with Gasteiger partial charge in [-0.3, -0.25) is 9.69 Å². The molecule has 0 bridgehead atoms. The summed E-state index contributed by atoms with van der Waals surface area (Å²) in [7, 11) is 1.82. The Kier molecular flexibility index (Phi) is 6.87. The summed E-state index contributed by atoms with van der Waals surface area (Å²) in [4.78, 5) is 21.2. The molecule has 2 fully saturated rings. The van der Waals surface area contributed by atoms with Crippen molar-refractivity contribution >= 4 is 17.5 Å². The van der Waals surface area contributed by atoms with E-state index in [2.05, 4.69) is 16.0 Å². The fraction of sp³-hybridized carbons (Fsp3) is 0.583. The second-order valence-corrected chi connectivity index (χ2v) is 9.23. The third-order valence-electron chi connectivity index (χ3n) is 6.34. The van der Waals surface area contributed by atoms with E-state index in [1.807, 2.05) is 33.0 Å². The van der Waals surface area contributed by atoms with E-state index in [0.717, 1.165) is 48.8 Å². The average Bonchev–Trinajstić information content (AvgIpc) is 3.37. The van der Waals surface area contributed by atoms with Crippen LogP contribution in [0.4, 0.5) is 0 Å². The second-order valence-electron chi connectivity index (χ2n) is 8.85. The lowest BCUT2D eigenvalue weighted by Gasteiger charge is -2.37. The maximum Gasteiger partial charge on any atom is 0.291 e. The van der Waals surface area contributed by atoms with E-state index in [9.17, 15) is 4.79 Å². The highest BCUT2D eigenvalue weighted by atomic mass is 35.5. The number of hydrogen-bond donors (Lipinski definition) is 0. The fourth-order valence-corrected chi connectivity index (χ4v) is 4.73. The number of aromatic nitrogens is 1. The monoisotopic (exact) mass is 445 g/mol. The summed E-state index contributed by atoms with van der Waals surface area (Å²) in [5.74, 6) is 2.05. The molecule has 1 aromatic carbocycles. The van der Waals surface area contributed by atoms with Crippen molar-refractivity contribution in [1.82, 2.24) is 14.8 Å². The SMILES string of the molecule is CCc1nc(C)c(C(=O)N(C)CC2CC(Oc3cccc(CN4CCCC4)c3Cl)C2)o1. The van der Waals surface area contributed by atoms with Gasteiger partial charge in [-0.1, -0.05) is 30.7 Å². The Labute approximate surface area is 189 Å². The molecule has 168 valence electrons. The molecule has 2 aromatic rings. The van der Waals surface area contributed by atoms with Crippen molar-refractivity contribution in [3.63, 3.8) is 0 Å². The van der Waals surface area contributed by atoms with Crippen molar-refractivity contribution < 1.29 is 13.9 Å². The topological polar surface area (TPSA) is 58.8 Å². The number of aryl methyl sites for hydroxylation is 2. The van der Waals surface area contributed by atoms with Gasteiger partial charge in [-0.25, -0.2) is 4.98 Å². The van der Waals surface area contributed by atoms with Crippen molar-refractivity contribution in [2.75, 3.05) is 26.7 Å². The van der Waals surface area contributed by atoms with Gasteiger partial charge in [0.25, 0.3) is 5.91 Å². The van der Waals surface area contributed by atoms with Gasteiger partial charge in [-0.2, -0.15) is 0 Å². The summed E-state index contributed by atoms with van der Waals surface area (Å²) < 4.78 is 11.8. The summed E-state index contributed by atoms with van der Waals surface area (Å²) in [6.07, 6.45) is 5.20. The smallest absolute Gasteiger partial charge is 0.291 e. The van der Waals surface area contributed by atoms with E-state index >= 15 is 0 Å². The molecule has 0 atom stereocenters. The van der Waals surface area contributed by atoms with Crippen LogP contribution in [0.3, 0.4) is 0 Å². The molecule has 2 heterocycles. The number of rotatable bonds is 8. The van der Waals surface area contributed by atoms with Crippen LogP contribution in [0.15, 0.2) is 22.6 Å². The largest absolute Gasteiger partial charge is 0.489 e. The lowest BCUT2D eigenvalue weighted by atomic mass is 9.82. The molecule has 1 amide bonds. The molecular formula is C24H32ClN3O3. The third kappa shape index (κ3) is 5.07. The van der Waals surface area contributed by atoms with Crippen molar-refractivity contribution in [2.24, 2.45) is 5.92 Å². The van der Waals surface area contributed by atoms with E-state index < -0.39 is 0 Å².